The fourth-order valence-electron chi connectivity index (χ4n) is 3.65. The van der Waals surface area contributed by atoms with Crippen molar-refractivity contribution in [2.45, 2.75) is 25.7 Å². The molecule has 0 spiro atoms. The Kier molecular flexibility index (Phi) is 5.57. The van der Waals surface area contributed by atoms with Crippen molar-refractivity contribution in [1.29, 1.82) is 0 Å². The molecule has 1 unspecified atom stereocenters. The van der Waals surface area contributed by atoms with E-state index in [9.17, 15) is 5.11 Å². The van der Waals surface area contributed by atoms with Crippen LogP contribution in [0.15, 0.2) is 53.5 Å². The number of nitrogens with zero attached hydrogens (tertiary/aromatic N) is 5. The second kappa shape index (κ2) is 8.66. The summed E-state index contributed by atoms with van der Waals surface area (Å²) in [5.41, 5.74) is 4.70. The summed E-state index contributed by atoms with van der Waals surface area (Å²) in [5, 5.41) is 23.0. The van der Waals surface area contributed by atoms with Gasteiger partial charge in [0.1, 0.15) is 12.4 Å². The number of aromatic nitrogens is 4. The lowest BCUT2D eigenvalue weighted by atomic mass is 10.0. The van der Waals surface area contributed by atoms with Crippen molar-refractivity contribution in [3.8, 4) is 17.0 Å². The van der Waals surface area contributed by atoms with Crippen molar-refractivity contribution in [1.82, 2.24) is 19.8 Å². The summed E-state index contributed by atoms with van der Waals surface area (Å²) < 4.78 is 13.1. The minimum atomic E-state index is -0.145. The molecule has 1 N–H and O–H groups in total. The first kappa shape index (κ1) is 20.6. The highest BCUT2D eigenvalue weighted by Gasteiger charge is 2.20. The Hall–Kier alpha value is -3.33. The van der Waals surface area contributed by atoms with E-state index in [2.05, 4.69) is 20.3 Å². The number of rotatable bonds is 6. The maximum Gasteiger partial charge on any atom is 0.180 e. The number of hydrogen-bond acceptors (Lipinski definition) is 7. The van der Waals surface area contributed by atoms with Gasteiger partial charge in [0.15, 0.2) is 11.5 Å². The fourth-order valence-corrected chi connectivity index (χ4v) is 3.89. The molecule has 4 aromatic rings. The topological polar surface area (TPSA) is 94.1 Å². The fraction of sp³-hybridized carbons (Fsp3) is 0.217. The van der Waals surface area contributed by atoms with Crippen LogP contribution in [-0.4, -0.2) is 38.2 Å². The second-order valence-corrected chi connectivity index (χ2v) is 7.75. The zero-order valence-corrected chi connectivity index (χ0v) is 18.0. The predicted molar refractivity (Wildman–Crippen MR) is 120 cm³/mol. The van der Waals surface area contributed by atoms with Gasteiger partial charge in [-0.3, -0.25) is 4.99 Å². The van der Waals surface area contributed by atoms with Gasteiger partial charge in [-0.05, 0) is 29.8 Å². The van der Waals surface area contributed by atoms with E-state index in [-0.39, 0.29) is 19.3 Å². The molecule has 1 aliphatic rings. The Morgan fingerprint density at radius 1 is 1.12 bits per heavy atom. The molecule has 1 aliphatic heterocycles. The van der Waals surface area contributed by atoms with Crippen LogP contribution in [0, 0.1) is 0 Å². The predicted octanol–water partition coefficient (Wildman–Crippen LogP) is 4.31. The van der Waals surface area contributed by atoms with Gasteiger partial charge in [-0.1, -0.05) is 29.8 Å². The van der Waals surface area contributed by atoms with Crippen LogP contribution in [0.5, 0.6) is 5.75 Å². The van der Waals surface area contributed by atoms with Crippen LogP contribution in [0.2, 0.25) is 5.02 Å². The van der Waals surface area contributed by atoms with E-state index in [1.165, 1.54) is 0 Å². The number of hydrogen-bond donors (Lipinski definition) is 1. The molecule has 0 amide bonds. The minimum Gasteiger partial charge on any atom is -0.497 e. The first-order valence-electron chi connectivity index (χ1n) is 10.1. The molecule has 0 aliphatic carbocycles. The van der Waals surface area contributed by atoms with E-state index in [4.69, 9.17) is 21.1 Å². The molecule has 2 aromatic carbocycles. The van der Waals surface area contributed by atoms with Crippen molar-refractivity contribution in [3.63, 3.8) is 0 Å². The first-order valence-corrected chi connectivity index (χ1v) is 10.5. The average molecular weight is 450 g/mol. The van der Waals surface area contributed by atoms with Crippen molar-refractivity contribution in [2.75, 3.05) is 7.11 Å². The maximum atomic E-state index is 9.33. The molecular weight excluding hydrogens is 430 g/mol. The highest BCUT2D eigenvalue weighted by Crippen LogP contribution is 2.36. The van der Waals surface area contributed by atoms with Crippen LogP contribution < -0.4 is 4.74 Å². The molecule has 0 saturated heterocycles. The zero-order valence-electron chi connectivity index (χ0n) is 17.3. The molecule has 32 heavy (non-hydrogen) atoms. The van der Waals surface area contributed by atoms with Crippen LogP contribution in [-0.2, 0) is 18.0 Å². The SMILES string of the molecule is COc1ccc2c(c1)N=CCC2OCc1nnc2ccc(-c3ccc(CO)c(Cl)c3)nn12. The van der Waals surface area contributed by atoms with Crippen molar-refractivity contribution < 1.29 is 14.6 Å². The first-order chi connectivity index (χ1) is 15.7. The quantitative estimate of drug-likeness (QED) is 0.471. The van der Waals surface area contributed by atoms with Crippen LogP contribution in [0.1, 0.15) is 29.5 Å². The average Bonchev–Trinajstić information content (AvgIpc) is 3.24. The number of benzene rings is 2. The molecule has 0 radical (unpaired) electrons. The number of ether oxygens (including phenoxy) is 2. The standard InChI is InChI=1S/C23H20ClN5O3/c1-31-16-4-5-17-20(11-16)25-9-8-21(17)32-13-23-27-26-22-7-6-19(28-29(22)23)14-2-3-15(12-30)18(24)10-14/h2-7,9-11,21,30H,8,12-13H2,1H3. The highest BCUT2D eigenvalue weighted by molar-refractivity contribution is 6.31. The molecule has 0 saturated carbocycles. The lowest BCUT2D eigenvalue weighted by molar-refractivity contribution is 0.0398. The third kappa shape index (κ3) is 3.84. The van der Waals surface area contributed by atoms with Crippen LogP contribution >= 0.6 is 11.6 Å². The van der Waals surface area contributed by atoms with E-state index in [0.717, 1.165) is 22.6 Å². The third-order valence-corrected chi connectivity index (χ3v) is 5.75. The van der Waals surface area contributed by atoms with E-state index >= 15 is 0 Å². The van der Waals surface area contributed by atoms with Crippen molar-refractivity contribution >= 4 is 29.2 Å². The Morgan fingerprint density at radius 3 is 2.84 bits per heavy atom. The van der Waals surface area contributed by atoms with Gasteiger partial charge in [0.25, 0.3) is 0 Å². The van der Waals surface area contributed by atoms with Gasteiger partial charge in [0.05, 0.1) is 31.2 Å². The van der Waals surface area contributed by atoms with Gasteiger partial charge < -0.3 is 14.6 Å². The summed E-state index contributed by atoms with van der Waals surface area (Å²) in [6, 6.07) is 14.9. The van der Waals surface area contributed by atoms with Gasteiger partial charge in [-0.2, -0.15) is 9.61 Å². The number of aliphatic hydroxyl groups is 1. The number of fused-ring (bicyclic) bond motifs is 2. The van der Waals surface area contributed by atoms with E-state index in [1.54, 1.807) is 23.8 Å². The summed E-state index contributed by atoms with van der Waals surface area (Å²) in [5.74, 6) is 1.35. The number of methoxy groups -OCH3 is 1. The number of halogens is 1. The molecule has 9 heteroatoms. The molecule has 5 rings (SSSR count). The normalized spacial score (nSPS) is 15.2. The van der Waals surface area contributed by atoms with Gasteiger partial charge in [0.2, 0.25) is 0 Å². The Labute approximate surface area is 189 Å². The largest absolute Gasteiger partial charge is 0.497 e. The van der Waals surface area contributed by atoms with Crippen molar-refractivity contribution in [3.05, 3.63) is 70.5 Å². The second-order valence-electron chi connectivity index (χ2n) is 7.34. The molecule has 3 heterocycles. The molecule has 162 valence electrons. The van der Waals surface area contributed by atoms with Gasteiger partial charge in [-0.25, -0.2) is 0 Å². The smallest absolute Gasteiger partial charge is 0.180 e. The Morgan fingerprint density at radius 2 is 2.03 bits per heavy atom. The van der Waals surface area contributed by atoms with E-state index in [0.29, 0.717) is 34.2 Å². The highest BCUT2D eigenvalue weighted by atomic mass is 35.5. The molecular formula is C23H20ClN5O3. The lowest BCUT2D eigenvalue weighted by Crippen LogP contribution is -2.11. The van der Waals surface area contributed by atoms with Crippen LogP contribution in [0.3, 0.4) is 0 Å². The summed E-state index contributed by atoms with van der Waals surface area (Å²) in [4.78, 5) is 4.45. The molecule has 0 fully saturated rings. The van der Waals surface area contributed by atoms with Gasteiger partial charge in [0, 0.05) is 34.9 Å². The monoisotopic (exact) mass is 449 g/mol. The molecule has 1 atom stereocenters. The van der Waals surface area contributed by atoms with Crippen LogP contribution in [0.4, 0.5) is 5.69 Å². The summed E-state index contributed by atoms with van der Waals surface area (Å²) >= 11 is 6.25. The Balaban J connectivity index is 1.39. The van der Waals surface area contributed by atoms with E-state index in [1.807, 2.05) is 42.6 Å². The number of aliphatic imine (C=N–C) groups is 1. The summed E-state index contributed by atoms with van der Waals surface area (Å²) in [7, 11) is 1.63. The summed E-state index contributed by atoms with van der Waals surface area (Å²) in [6.07, 6.45) is 2.38. The molecule has 8 nitrogen and oxygen atoms in total. The van der Waals surface area contributed by atoms with Gasteiger partial charge >= 0.3 is 0 Å². The van der Waals surface area contributed by atoms with Gasteiger partial charge in [-0.15, -0.1) is 10.2 Å². The molecule has 2 aromatic heterocycles. The van der Waals surface area contributed by atoms with Crippen LogP contribution in [0.25, 0.3) is 16.9 Å². The Bertz CT molecular complexity index is 1320. The summed E-state index contributed by atoms with van der Waals surface area (Å²) in [6.45, 7) is 0.131. The lowest BCUT2D eigenvalue weighted by Gasteiger charge is -2.21. The minimum absolute atomic E-state index is 0.111. The third-order valence-electron chi connectivity index (χ3n) is 5.39. The zero-order chi connectivity index (χ0) is 22.1. The maximum absolute atomic E-state index is 9.33. The van der Waals surface area contributed by atoms with Crippen molar-refractivity contribution in [2.24, 2.45) is 4.99 Å². The molecule has 0 bridgehead atoms. The number of aliphatic hydroxyl groups excluding tert-OH is 1. The van der Waals surface area contributed by atoms with E-state index < -0.39 is 0 Å².